The smallest absolute Gasteiger partial charge is 0.295 e. The number of aliphatic hydroxyl groups excluding tert-OH is 1. The molecule has 170 valence electrons. The van der Waals surface area contributed by atoms with Crippen molar-refractivity contribution in [2.24, 2.45) is 0 Å². The lowest BCUT2D eigenvalue weighted by Crippen LogP contribution is -2.33. The number of rotatable bonds is 9. The maximum atomic E-state index is 13.1. The SMILES string of the molecule is CCN(CC)CCCN1C(=O)C(=O)C(=C(O)c2ccccc2)[C@@H]1c1ccc(C(C)C)cc1. The highest BCUT2D eigenvalue weighted by atomic mass is 16.3. The first-order valence-corrected chi connectivity index (χ1v) is 11.5. The second-order valence-electron chi connectivity index (χ2n) is 8.56. The van der Waals surface area contributed by atoms with Gasteiger partial charge in [0.15, 0.2) is 0 Å². The summed E-state index contributed by atoms with van der Waals surface area (Å²) in [6.45, 7) is 11.7. The van der Waals surface area contributed by atoms with E-state index in [0.717, 1.165) is 31.6 Å². The molecule has 2 aromatic carbocycles. The molecule has 2 aromatic rings. The highest BCUT2D eigenvalue weighted by Crippen LogP contribution is 2.39. The largest absolute Gasteiger partial charge is 0.507 e. The van der Waals surface area contributed by atoms with Crippen LogP contribution < -0.4 is 0 Å². The third-order valence-corrected chi connectivity index (χ3v) is 6.27. The lowest BCUT2D eigenvalue weighted by atomic mass is 9.93. The molecule has 0 aliphatic carbocycles. The number of hydrogen-bond acceptors (Lipinski definition) is 4. The van der Waals surface area contributed by atoms with Crippen molar-refractivity contribution in [1.29, 1.82) is 0 Å². The molecule has 1 aliphatic rings. The van der Waals surface area contributed by atoms with Gasteiger partial charge in [0, 0.05) is 12.1 Å². The summed E-state index contributed by atoms with van der Waals surface area (Å²) < 4.78 is 0. The van der Waals surface area contributed by atoms with Crippen molar-refractivity contribution in [3.63, 3.8) is 0 Å². The van der Waals surface area contributed by atoms with Gasteiger partial charge in [0.25, 0.3) is 11.7 Å². The number of benzene rings is 2. The van der Waals surface area contributed by atoms with Gasteiger partial charge in [-0.25, -0.2) is 0 Å². The normalized spacial score (nSPS) is 18.2. The molecule has 1 aliphatic heterocycles. The molecule has 1 amide bonds. The molecule has 1 atom stereocenters. The van der Waals surface area contributed by atoms with E-state index in [9.17, 15) is 14.7 Å². The van der Waals surface area contributed by atoms with Gasteiger partial charge >= 0.3 is 0 Å². The van der Waals surface area contributed by atoms with Gasteiger partial charge < -0.3 is 14.9 Å². The van der Waals surface area contributed by atoms with Crippen LogP contribution in [0, 0.1) is 0 Å². The monoisotopic (exact) mass is 434 g/mol. The third-order valence-electron chi connectivity index (χ3n) is 6.27. The lowest BCUT2D eigenvalue weighted by molar-refractivity contribution is -0.140. The number of aliphatic hydroxyl groups is 1. The summed E-state index contributed by atoms with van der Waals surface area (Å²) in [6.07, 6.45) is 0.765. The van der Waals surface area contributed by atoms with Crippen molar-refractivity contribution in [1.82, 2.24) is 9.80 Å². The fourth-order valence-corrected chi connectivity index (χ4v) is 4.28. The Bertz CT molecular complexity index is 960. The fourth-order valence-electron chi connectivity index (χ4n) is 4.28. The maximum Gasteiger partial charge on any atom is 0.295 e. The molecular formula is C27H34N2O3. The molecule has 0 radical (unpaired) electrons. The maximum absolute atomic E-state index is 13.1. The zero-order chi connectivity index (χ0) is 23.3. The molecule has 0 aromatic heterocycles. The number of nitrogens with zero attached hydrogens (tertiary/aromatic N) is 2. The first-order valence-electron chi connectivity index (χ1n) is 11.5. The van der Waals surface area contributed by atoms with Crippen molar-refractivity contribution in [2.75, 3.05) is 26.2 Å². The van der Waals surface area contributed by atoms with E-state index in [1.807, 2.05) is 42.5 Å². The molecule has 0 unspecified atom stereocenters. The fraction of sp³-hybridized carbons (Fsp3) is 0.407. The summed E-state index contributed by atoms with van der Waals surface area (Å²) in [5, 5.41) is 11.1. The van der Waals surface area contributed by atoms with Gasteiger partial charge in [0.2, 0.25) is 0 Å². The summed E-state index contributed by atoms with van der Waals surface area (Å²) in [5.41, 5.74) is 2.74. The van der Waals surface area contributed by atoms with Gasteiger partial charge in [-0.3, -0.25) is 9.59 Å². The Kier molecular flexibility index (Phi) is 7.86. The van der Waals surface area contributed by atoms with Crippen LogP contribution in [-0.4, -0.2) is 52.8 Å². The minimum Gasteiger partial charge on any atom is -0.507 e. The topological polar surface area (TPSA) is 60.9 Å². The minimum atomic E-state index is -0.618. The number of likely N-dealkylation sites (tertiary alicyclic amines) is 1. The van der Waals surface area contributed by atoms with Crippen LogP contribution in [-0.2, 0) is 9.59 Å². The third kappa shape index (κ3) is 4.94. The molecule has 1 saturated heterocycles. The standard InChI is InChI=1S/C27H34N2O3/c1-5-28(6-2)17-10-18-29-24(21-15-13-20(14-16-21)19(3)4)23(26(31)27(29)32)25(30)22-11-8-7-9-12-22/h7-9,11-16,19,24,30H,5-6,10,17-18H2,1-4H3/t24-/m0/s1. The Balaban J connectivity index is 2.01. The number of amides is 1. The number of carbonyl (C=O) groups excluding carboxylic acids is 2. The Morgan fingerprint density at radius 1 is 1.00 bits per heavy atom. The first kappa shape index (κ1) is 23.7. The number of Topliss-reactive ketones (excluding diaryl/α,β-unsaturated/α-hetero) is 1. The Morgan fingerprint density at radius 2 is 1.62 bits per heavy atom. The van der Waals surface area contributed by atoms with E-state index in [-0.39, 0.29) is 11.3 Å². The average Bonchev–Trinajstić information content (AvgIpc) is 3.07. The molecule has 1 N–H and O–H groups in total. The van der Waals surface area contributed by atoms with Crippen LogP contribution in [0.1, 0.15) is 62.8 Å². The Hall–Kier alpha value is -2.92. The van der Waals surface area contributed by atoms with Crippen molar-refractivity contribution < 1.29 is 14.7 Å². The van der Waals surface area contributed by atoms with Crippen LogP contribution in [0.25, 0.3) is 5.76 Å². The van der Waals surface area contributed by atoms with Crippen molar-refractivity contribution in [2.45, 2.75) is 46.1 Å². The van der Waals surface area contributed by atoms with Crippen LogP contribution in [0.3, 0.4) is 0 Å². The second kappa shape index (κ2) is 10.6. The molecule has 32 heavy (non-hydrogen) atoms. The van der Waals surface area contributed by atoms with Crippen LogP contribution in [0.5, 0.6) is 0 Å². The van der Waals surface area contributed by atoms with Crippen molar-refractivity contribution >= 4 is 17.4 Å². The van der Waals surface area contributed by atoms with Crippen LogP contribution in [0.4, 0.5) is 0 Å². The predicted molar refractivity (Wildman–Crippen MR) is 128 cm³/mol. The van der Waals surface area contributed by atoms with E-state index in [2.05, 4.69) is 32.6 Å². The van der Waals surface area contributed by atoms with Gasteiger partial charge in [0.05, 0.1) is 11.6 Å². The van der Waals surface area contributed by atoms with E-state index >= 15 is 0 Å². The second-order valence-corrected chi connectivity index (χ2v) is 8.56. The Morgan fingerprint density at radius 3 is 2.19 bits per heavy atom. The molecule has 0 saturated carbocycles. The van der Waals surface area contributed by atoms with E-state index in [4.69, 9.17) is 0 Å². The number of ketones is 1. The van der Waals surface area contributed by atoms with E-state index in [1.165, 1.54) is 5.56 Å². The summed E-state index contributed by atoms with van der Waals surface area (Å²) in [6, 6.07) is 16.4. The van der Waals surface area contributed by atoms with Gasteiger partial charge in [0.1, 0.15) is 5.76 Å². The summed E-state index contributed by atoms with van der Waals surface area (Å²) in [7, 11) is 0. The molecular weight excluding hydrogens is 400 g/mol. The predicted octanol–water partition coefficient (Wildman–Crippen LogP) is 4.96. The van der Waals surface area contributed by atoms with Gasteiger partial charge in [-0.1, -0.05) is 82.3 Å². The first-order chi connectivity index (χ1) is 15.4. The quantitative estimate of drug-likeness (QED) is 0.344. The highest BCUT2D eigenvalue weighted by molar-refractivity contribution is 6.46. The average molecular weight is 435 g/mol. The molecule has 0 bridgehead atoms. The highest BCUT2D eigenvalue weighted by Gasteiger charge is 2.45. The van der Waals surface area contributed by atoms with E-state index in [1.54, 1.807) is 17.0 Å². The molecule has 3 rings (SSSR count). The molecule has 5 nitrogen and oxygen atoms in total. The zero-order valence-corrected chi connectivity index (χ0v) is 19.5. The van der Waals surface area contributed by atoms with Gasteiger partial charge in [-0.2, -0.15) is 0 Å². The molecule has 0 spiro atoms. The minimum absolute atomic E-state index is 0.117. The summed E-state index contributed by atoms with van der Waals surface area (Å²) in [4.78, 5) is 30.1. The summed E-state index contributed by atoms with van der Waals surface area (Å²) >= 11 is 0. The Labute approximate surface area is 191 Å². The lowest BCUT2D eigenvalue weighted by Gasteiger charge is -2.27. The zero-order valence-electron chi connectivity index (χ0n) is 19.5. The van der Waals surface area contributed by atoms with Crippen LogP contribution in [0.15, 0.2) is 60.2 Å². The molecule has 1 fully saturated rings. The van der Waals surface area contributed by atoms with E-state index in [0.29, 0.717) is 18.0 Å². The van der Waals surface area contributed by atoms with Gasteiger partial charge in [-0.15, -0.1) is 0 Å². The van der Waals surface area contributed by atoms with Crippen LogP contribution in [0.2, 0.25) is 0 Å². The number of carbonyl (C=O) groups is 2. The van der Waals surface area contributed by atoms with E-state index < -0.39 is 17.7 Å². The van der Waals surface area contributed by atoms with Gasteiger partial charge in [-0.05, 0) is 43.1 Å². The summed E-state index contributed by atoms with van der Waals surface area (Å²) in [5.74, 6) is -0.894. The van der Waals surface area contributed by atoms with Crippen LogP contribution >= 0.6 is 0 Å². The van der Waals surface area contributed by atoms with Crippen molar-refractivity contribution in [3.05, 3.63) is 76.9 Å². The molecule has 5 heteroatoms. The number of hydrogen-bond donors (Lipinski definition) is 1. The van der Waals surface area contributed by atoms with Crippen molar-refractivity contribution in [3.8, 4) is 0 Å². The molecule has 1 heterocycles.